The quantitative estimate of drug-likeness (QED) is 0.885. The predicted molar refractivity (Wildman–Crippen MR) is 94.2 cm³/mol. The monoisotopic (exact) mass is 355 g/mol. The Morgan fingerprint density at radius 2 is 2.04 bits per heavy atom. The number of nitrogens with zero attached hydrogens (tertiary/aromatic N) is 1. The number of rotatable bonds is 4. The van der Waals surface area contributed by atoms with Crippen molar-refractivity contribution in [1.82, 2.24) is 15.5 Å². The van der Waals surface area contributed by atoms with E-state index < -0.39 is 0 Å². The van der Waals surface area contributed by atoms with Gasteiger partial charge in [-0.05, 0) is 29.1 Å². The number of ether oxygens (including phenoxy) is 1. The summed E-state index contributed by atoms with van der Waals surface area (Å²) in [5.41, 5.74) is 2.34. The number of thiophene rings is 1. The van der Waals surface area contributed by atoms with Gasteiger partial charge >= 0.3 is 6.03 Å². The first kappa shape index (κ1) is 15.7. The maximum absolute atomic E-state index is 12.9. The van der Waals surface area contributed by atoms with Crippen LogP contribution in [0.15, 0.2) is 53.0 Å². The van der Waals surface area contributed by atoms with Gasteiger partial charge in [0, 0.05) is 11.4 Å². The SMILES string of the molecule is COc1ccc(CN2CC3=C(C2=O)[C@H](c2cccs2)NC(=O)N3)cc1. The van der Waals surface area contributed by atoms with Gasteiger partial charge in [0.15, 0.2) is 0 Å². The molecular formula is C18H17N3O3S. The van der Waals surface area contributed by atoms with Gasteiger partial charge in [-0.1, -0.05) is 18.2 Å². The summed E-state index contributed by atoms with van der Waals surface area (Å²) in [5, 5.41) is 7.59. The molecule has 2 N–H and O–H groups in total. The summed E-state index contributed by atoms with van der Waals surface area (Å²) in [6.07, 6.45) is 0. The molecule has 0 bridgehead atoms. The number of nitrogens with one attached hydrogen (secondary N) is 2. The molecule has 25 heavy (non-hydrogen) atoms. The van der Waals surface area contributed by atoms with E-state index in [0.29, 0.717) is 24.4 Å². The zero-order valence-electron chi connectivity index (χ0n) is 13.6. The lowest BCUT2D eigenvalue weighted by Crippen LogP contribution is -2.44. The van der Waals surface area contributed by atoms with Gasteiger partial charge in [-0.2, -0.15) is 0 Å². The Bertz CT molecular complexity index is 843. The molecule has 0 fully saturated rings. The average molecular weight is 355 g/mol. The molecule has 2 aliphatic rings. The summed E-state index contributed by atoms with van der Waals surface area (Å²) in [6, 6.07) is 10.8. The largest absolute Gasteiger partial charge is 0.497 e. The molecule has 0 saturated heterocycles. The third kappa shape index (κ3) is 2.87. The third-order valence-electron chi connectivity index (χ3n) is 4.38. The molecule has 1 aromatic carbocycles. The van der Waals surface area contributed by atoms with Crippen molar-refractivity contribution in [3.8, 4) is 5.75 Å². The molecule has 7 heteroatoms. The lowest BCUT2D eigenvalue weighted by Gasteiger charge is -2.24. The summed E-state index contributed by atoms with van der Waals surface area (Å²) < 4.78 is 5.16. The maximum Gasteiger partial charge on any atom is 0.319 e. The molecule has 1 atom stereocenters. The number of carbonyl (C=O) groups is 2. The molecule has 2 aromatic rings. The summed E-state index contributed by atoms with van der Waals surface area (Å²) in [4.78, 5) is 27.6. The highest BCUT2D eigenvalue weighted by atomic mass is 32.1. The van der Waals surface area contributed by atoms with E-state index in [4.69, 9.17) is 4.74 Å². The number of urea groups is 1. The summed E-state index contributed by atoms with van der Waals surface area (Å²) in [7, 11) is 1.62. The number of hydrogen-bond donors (Lipinski definition) is 2. The van der Waals surface area contributed by atoms with Crippen molar-refractivity contribution in [2.24, 2.45) is 0 Å². The highest BCUT2D eigenvalue weighted by Gasteiger charge is 2.40. The van der Waals surface area contributed by atoms with Crippen LogP contribution >= 0.6 is 11.3 Å². The van der Waals surface area contributed by atoms with Gasteiger partial charge in [-0.25, -0.2) is 4.79 Å². The fourth-order valence-corrected chi connectivity index (χ4v) is 3.96. The molecule has 0 aliphatic carbocycles. The first-order chi connectivity index (χ1) is 12.2. The molecule has 0 saturated carbocycles. The van der Waals surface area contributed by atoms with Crippen LogP contribution in [0.5, 0.6) is 5.75 Å². The molecule has 3 amide bonds. The van der Waals surface area contributed by atoms with Gasteiger partial charge in [0.25, 0.3) is 5.91 Å². The smallest absolute Gasteiger partial charge is 0.319 e. The van der Waals surface area contributed by atoms with Crippen LogP contribution in [0.4, 0.5) is 4.79 Å². The van der Waals surface area contributed by atoms with E-state index in [1.165, 1.54) is 11.3 Å². The van der Waals surface area contributed by atoms with E-state index in [1.54, 1.807) is 12.0 Å². The molecule has 1 aromatic heterocycles. The minimum atomic E-state index is -0.378. The van der Waals surface area contributed by atoms with Crippen molar-refractivity contribution < 1.29 is 14.3 Å². The first-order valence-corrected chi connectivity index (χ1v) is 8.80. The van der Waals surface area contributed by atoms with Crippen molar-refractivity contribution in [3.63, 3.8) is 0 Å². The molecular weight excluding hydrogens is 338 g/mol. The minimum absolute atomic E-state index is 0.0447. The molecule has 0 spiro atoms. The highest BCUT2D eigenvalue weighted by Crippen LogP contribution is 2.34. The summed E-state index contributed by atoms with van der Waals surface area (Å²) in [5.74, 6) is 0.736. The Balaban J connectivity index is 1.57. The first-order valence-electron chi connectivity index (χ1n) is 7.92. The van der Waals surface area contributed by atoms with Gasteiger partial charge < -0.3 is 20.3 Å². The van der Waals surface area contributed by atoms with E-state index in [1.807, 2.05) is 41.8 Å². The minimum Gasteiger partial charge on any atom is -0.497 e. The van der Waals surface area contributed by atoms with E-state index in [9.17, 15) is 9.59 Å². The zero-order chi connectivity index (χ0) is 17.4. The third-order valence-corrected chi connectivity index (χ3v) is 5.32. The van der Waals surface area contributed by atoms with Crippen LogP contribution < -0.4 is 15.4 Å². The average Bonchev–Trinajstić information content (AvgIpc) is 3.24. The molecule has 3 heterocycles. The van der Waals surface area contributed by atoms with Crippen LogP contribution in [0.25, 0.3) is 0 Å². The number of benzene rings is 1. The van der Waals surface area contributed by atoms with Crippen molar-refractivity contribution in [3.05, 3.63) is 63.5 Å². The Morgan fingerprint density at radius 3 is 2.72 bits per heavy atom. The van der Waals surface area contributed by atoms with Crippen LogP contribution in [0.2, 0.25) is 0 Å². The second-order valence-electron chi connectivity index (χ2n) is 5.95. The van der Waals surface area contributed by atoms with Crippen LogP contribution in [0.3, 0.4) is 0 Å². The topological polar surface area (TPSA) is 70.7 Å². The van der Waals surface area contributed by atoms with E-state index in [0.717, 1.165) is 16.2 Å². The van der Waals surface area contributed by atoms with E-state index in [2.05, 4.69) is 10.6 Å². The number of carbonyl (C=O) groups excluding carboxylic acids is 2. The molecule has 4 rings (SSSR count). The van der Waals surface area contributed by atoms with Gasteiger partial charge in [0.05, 0.1) is 31.0 Å². The second kappa shape index (κ2) is 6.25. The number of methoxy groups -OCH3 is 1. The fourth-order valence-electron chi connectivity index (χ4n) is 3.18. The zero-order valence-corrected chi connectivity index (χ0v) is 14.4. The molecule has 6 nitrogen and oxygen atoms in total. The van der Waals surface area contributed by atoms with E-state index in [-0.39, 0.29) is 18.0 Å². The standard InChI is InChI=1S/C18H17N3O3S/c1-24-12-6-4-11(5-7-12)9-21-10-13-15(17(21)22)16(20-18(23)19-13)14-3-2-8-25-14/h2-8,16H,9-10H2,1H3,(H2,19,20,23)/t16-/m0/s1. The van der Waals surface area contributed by atoms with Crippen LogP contribution in [0.1, 0.15) is 16.5 Å². The lowest BCUT2D eigenvalue weighted by molar-refractivity contribution is -0.126. The van der Waals surface area contributed by atoms with Gasteiger partial charge in [0.1, 0.15) is 5.75 Å². The highest BCUT2D eigenvalue weighted by molar-refractivity contribution is 7.10. The Kier molecular flexibility index (Phi) is 3.93. The normalized spacial score (nSPS) is 19.6. The van der Waals surface area contributed by atoms with Crippen LogP contribution in [-0.2, 0) is 11.3 Å². The van der Waals surface area contributed by atoms with Gasteiger partial charge in [-0.3, -0.25) is 4.79 Å². The second-order valence-corrected chi connectivity index (χ2v) is 6.93. The van der Waals surface area contributed by atoms with Crippen LogP contribution in [0, 0.1) is 0 Å². The summed E-state index contributed by atoms with van der Waals surface area (Å²) in [6.45, 7) is 0.901. The van der Waals surface area contributed by atoms with Crippen molar-refractivity contribution in [2.75, 3.05) is 13.7 Å². The maximum atomic E-state index is 12.9. The fraction of sp³-hybridized carbons (Fsp3) is 0.222. The predicted octanol–water partition coefficient (Wildman–Crippen LogP) is 2.41. The van der Waals surface area contributed by atoms with Crippen molar-refractivity contribution in [1.29, 1.82) is 0 Å². The molecule has 0 radical (unpaired) electrons. The number of hydrogen-bond acceptors (Lipinski definition) is 4. The van der Waals surface area contributed by atoms with Crippen LogP contribution in [-0.4, -0.2) is 30.5 Å². The Labute approximate surface area is 149 Å². The Hall–Kier alpha value is -2.80. The van der Waals surface area contributed by atoms with E-state index >= 15 is 0 Å². The molecule has 128 valence electrons. The lowest BCUT2D eigenvalue weighted by atomic mass is 10.0. The number of amides is 3. The Morgan fingerprint density at radius 1 is 1.24 bits per heavy atom. The van der Waals surface area contributed by atoms with Crippen molar-refractivity contribution >= 4 is 23.3 Å². The van der Waals surface area contributed by atoms with Gasteiger partial charge in [-0.15, -0.1) is 11.3 Å². The summed E-state index contributed by atoms with van der Waals surface area (Å²) >= 11 is 1.53. The molecule has 0 unspecified atom stereocenters. The van der Waals surface area contributed by atoms with Gasteiger partial charge in [0.2, 0.25) is 0 Å². The van der Waals surface area contributed by atoms with Crippen molar-refractivity contribution in [2.45, 2.75) is 12.6 Å². The molecule has 2 aliphatic heterocycles.